The quantitative estimate of drug-likeness (QED) is 0.756. The molecule has 1 aliphatic heterocycles. The van der Waals surface area contributed by atoms with Gasteiger partial charge in [-0.25, -0.2) is 0 Å². The fraction of sp³-hybridized carbons (Fsp3) is 0.652. The van der Waals surface area contributed by atoms with Crippen molar-refractivity contribution in [3.05, 3.63) is 35.4 Å². The van der Waals surface area contributed by atoms with E-state index < -0.39 is 23.7 Å². The van der Waals surface area contributed by atoms with Gasteiger partial charge in [-0.15, -0.1) is 0 Å². The SMILES string of the molecule is CC(C)N(C)C1CC[C@H](N2CC[C@H](NC(=O)c3cccc(C(F)(F)F)c3)C2=O)[C@H](C)C1. The molecule has 1 aromatic rings. The van der Waals surface area contributed by atoms with E-state index in [0.29, 0.717) is 31.0 Å². The molecule has 3 rings (SSSR count). The van der Waals surface area contributed by atoms with Crippen LogP contribution in [0.5, 0.6) is 0 Å². The maximum Gasteiger partial charge on any atom is 0.416 e. The molecule has 1 unspecified atom stereocenters. The molecular weight excluding hydrogens is 407 g/mol. The van der Waals surface area contributed by atoms with Gasteiger partial charge >= 0.3 is 6.18 Å². The lowest BCUT2D eigenvalue weighted by molar-refractivity contribution is -0.137. The van der Waals surface area contributed by atoms with Crippen molar-refractivity contribution >= 4 is 11.8 Å². The molecule has 1 saturated carbocycles. The van der Waals surface area contributed by atoms with Crippen LogP contribution in [0, 0.1) is 5.92 Å². The van der Waals surface area contributed by atoms with Gasteiger partial charge in [0.15, 0.2) is 0 Å². The van der Waals surface area contributed by atoms with E-state index in [1.54, 1.807) is 0 Å². The Kier molecular flexibility index (Phi) is 6.98. The van der Waals surface area contributed by atoms with Gasteiger partial charge in [0, 0.05) is 30.2 Å². The van der Waals surface area contributed by atoms with Gasteiger partial charge in [-0.2, -0.15) is 13.2 Å². The number of hydrogen-bond donors (Lipinski definition) is 1. The van der Waals surface area contributed by atoms with E-state index >= 15 is 0 Å². The van der Waals surface area contributed by atoms with Crippen LogP contribution in [0.3, 0.4) is 0 Å². The molecular formula is C23H32F3N3O2. The van der Waals surface area contributed by atoms with Crippen molar-refractivity contribution in [2.75, 3.05) is 13.6 Å². The topological polar surface area (TPSA) is 52.6 Å². The first-order chi connectivity index (χ1) is 14.5. The summed E-state index contributed by atoms with van der Waals surface area (Å²) < 4.78 is 38.8. The highest BCUT2D eigenvalue weighted by Gasteiger charge is 2.41. The number of rotatable bonds is 5. The Morgan fingerprint density at radius 1 is 1.23 bits per heavy atom. The Morgan fingerprint density at radius 2 is 1.94 bits per heavy atom. The molecule has 1 aromatic carbocycles. The van der Waals surface area contributed by atoms with Crippen molar-refractivity contribution in [1.82, 2.24) is 15.1 Å². The highest BCUT2D eigenvalue weighted by molar-refractivity contribution is 5.98. The minimum atomic E-state index is -4.52. The van der Waals surface area contributed by atoms with Crippen molar-refractivity contribution in [3.63, 3.8) is 0 Å². The lowest BCUT2D eigenvalue weighted by atomic mass is 9.81. The third-order valence-corrected chi connectivity index (χ3v) is 6.88. The molecule has 1 N–H and O–H groups in total. The summed E-state index contributed by atoms with van der Waals surface area (Å²) in [4.78, 5) is 29.7. The highest BCUT2D eigenvalue weighted by Crippen LogP contribution is 2.34. The van der Waals surface area contributed by atoms with Crippen LogP contribution in [0.15, 0.2) is 24.3 Å². The van der Waals surface area contributed by atoms with Crippen molar-refractivity contribution in [1.29, 1.82) is 0 Å². The summed E-state index contributed by atoms with van der Waals surface area (Å²) in [6.45, 7) is 7.09. The normalized spacial score (nSPS) is 27.3. The van der Waals surface area contributed by atoms with Crippen LogP contribution in [0.4, 0.5) is 13.2 Å². The zero-order chi connectivity index (χ0) is 22.9. The van der Waals surface area contributed by atoms with Gasteiger partial charge in [0.25, 0.3) is 5.91 Å². The minimum Gasteiger partial charge on any atom is -0.340 e. The van der Waals surface area contributed by atoms with Gasteiger partial charge in [-0.3, -0.25) is 9.59 Å². The van der Waals surface area contributed by atoms with Crippen LogP contribution in [0.2, 0.25) is 0 Å². The highest BCUT2D eigenvalue weighted by atomic mass is 19.4. The molecule has 0 radical (unpaired) electrons. The molecule has 172 valence electrons. The predicted molar refractivity (Wildman–Crippen MR) is 113 cm³/mol. The molecule has 0 bridgehead atoms. The zero-order valence-corrected chi connectivity index (χ0v) is 18.6. The van der Waals surface area contributed by atoms with E-state index in [1.165, 1.54) is 12.1 Å². The first-order valence-electron chi connectivity index (χ1n) is 11.0. The van der Waals surface area contributed by atoms with Crippen molar-refractivity contribution in [2.45, 2.75) is 76.8 Å². The van der Waals surface area contributed by atoms with Crippen molar-refractivity contribution < 1.29 is 22.8 Å². The molecule has 2 aliphatic rings. The standard InChI is InChI=1S/C23H32F3N3O2/c1-14(2)28(4)18-8-9-20(15(3)12-18)29-11-10-19(22(29)31)27-21(30)16-6-5-7-17(13-16)23(24,25)26/h5-7,13-15,18-20H,8-12H2,1-4H3,(H,27,30)/t15-,18?,19+,20+/m1/s1. The Morgan fingerprint density at radius 3 is 2.55 bits per heavy atom. The Balaban J connectivity index is 1.61. The summed E-state index contributed by atoms with van der Waals surface area (Å²) in [5, 5.41) is 2.64. The van der Waals surface area contributed by atoms with Crippen LogP contribution in [0.1, 0.15) is 62.4 Å². The predicted octanol–water partition coefficient (Wildman–Crippen LogP) is 3.93. The number of halogens is 3. The number of nitrogens with one attached hydrogen (secondary N) is 1. The van der Waals surface area contributed by atoms with Gasteiger partial charge < -0.3 is 15.1 Å². The number of nitrogens with zero attached hydrogens (tertiary/aromatic N) is 2. The number of carbonyl (C=O) groups is 2. The molecule has 2 amide bonds. The third kappa shape index (κ3) is 5.22. The van der Waals surface area contributed by atoms with E-state index in [-0.39, 0.29) is 17.5 Å². The van der Waals surface area contributed by atoms with Crippen molar-refractivity contribution in [3.8, 4) is 0 Å². The molecule has 31 heavy (non-hydrogen) atoms. The van der Waals surface area contributed by atoms with Crippen LogP contribution in [-0.2, 0) is 11.0 Å². The third-order valence-electron chi connectivity index (χ3n) is 6.88. The molecule has 1 heterocycles. The zero-order valence-electron chi connectivity index (χ0n) is 18.6. The maximum atomic E-state index is 13.0. The van der Waals surface area contributed by atoms with E-state index in [1.807, 2.05) is 4.90 Å². The van der Waals surface area contributed by atoms with Crippen LogP contribution < -0.4 is 5.32 Å². The second-order valence-electron chi connectivity index (χ2n) is 9.20. The molecule has 8 heteroatoms. The molecule has 1 saturated heterocycles. The number of carbonyl (C=O) groups excluding carboxylic acids is 2. The fourth-order valence-electron chi connectivity index (χ4n) is 4.85. The summed E-state index contributed by atoms with van der Waals surface area (Å²) in [5.74, 6) is -0.434. The van der Waals surface area contributed by atoms with Gasteiger partial charge in [0.05, 0.1) is 5.56 Å². The molecule has 0 aromatic heterocycles. The number of amides is 2. The lowest BCUT2D eigenvalue weighted by Gasteiger charge is -2.43. The average molecular weight is 440 g/mol. The lowest BCUT2D eigenvalue weighted by Crippen LogP contribution is -2.51. The van der Waals surface area contributed by atoms with E-state index in [9.17, 15) is 22.8 Å². The van der Waals surface area contributed by atoms with Gasteiger partial charge in [0.2, 0.25) is 5.91 Å². The van der Waals surface area contributed by atoms with Crippen LogP contribution in [0.25, 0.3) is 0 Å². The summed E-state index contributed by atoms with van der Waals surface area (Å²) >= 11 is 0. The molecule has 0 spiro atoms. The summed E-state index contributed by atoms with van der Waals surface area (Å²) in [7, 11) is 2.14. The smallest absolute Gasteiger partial charge is 0.340 e. The Bertz CT molecular complexity index is 812. The number of benzene rings is 1. The monoisotopic (exact) mass is 439 g/mol. The first-order valence-corrected chi connectivity index (χ1v) is 11.0. The molecule has 5 nitrogen and oxygen atoms in total. The van der Waals surface area contributed by atoms with E-state index in [4.69, 9.17) is 0 Å². The van der Waals surface area contributed by atoms with E-state index in [2.05, 4.69) is 38.0 Å². The number of alkyl halides is 3. The molecule has 1 aliphatic carbocycles. The molecule has 2 fully saturated rings. The largest absolute Gasteiger partial charge is 0.416 e. The summed E-state index contributed by atoms with van der Waals surface area (Å²) in [5.41, 5.74) is -0.969. The Hall–Kier alpha value is -2.09. The summed E-state index contributed by atoms with van der Waals surface area (Å²) in [6.07, 6.45) is -1.08. The molecule has 4 atom stereocenters. The Labute approximate surface area is 182 Å². The summed E-state index contributed by atoms with van der Waals surface area (Å²) in [6, 6.07) is 4.70. The number of hydrogen-bond acceptors (Lipinski definition) is 3. The van der Waals surface area contributed by atoms with Crippen LogP contribution in [-0.4, -0.2) is 59.4 Å². The van der Waals surface area contributed by atoms with Crippen LogP contribution >= 0.6 is 0 Å². The number of likely N-dealkylation sites (tertiary alicyclic amines) is 1. The van der Waals surface area contributed by atoms with Gasteiger partial charge in [-0.05, 0) is 70.7 Å². The first kappa shape index (κ1) is 23.6. The second kappa shape index (κ2) is 9.18. The van der Waals surface area contributed by atoms with Gasteiger partial charge in [0.1, 0.15) is 6.04 Å². The van der Waals surface area contributed by atoms with Crippen molar-refractivity contribution in [2.24, 2.45) is 5.92 Å². The minimum absolute atomic E-state index is 0.0910. The maximum absolute atomic E-state index is 13.0. The second-order valence-corrected chi connectivity index (χ2v) is 9.20. The van der Waals surface area contributed by atoms with E-state index in [0.717, 1.165) is 31.4 Å². The van der Waals surface area contributed by atoms with Gasteiger partial charge in [-0.1, -0.05) is 13.0 Å². The average Bonchev–Trinajstić information content (AvgIpc) is 3.06. The fourth-order valence-corrected chi connectivity index (χ4v) is 4.85.